The van der Waals surface area contributed by atoms with Gasteiger partial charge in [-0.25, -0.2) is 0 Å². The summed E-state index contributed by atoms with van der Waals surface area (Å²) in [5.74, 6) is 0.804. The van der Waals surface area contributed by atoms with Crippen LogP contribution in [0.1, 0.15) is 31.7 Å². The first-order valence-electron chi connectivity index (χ1n) is 7.86. The van der Waals surface area contributed by atoms with Crippen LogP contribution in [0.4, 0.5) is 0 Å². The molecule has 2 N–H and O–H groups in total. The zero-order valence-electron chi connectivity index (χ0n) is 13.2. The molecule has 0 aliphatic carbocycles. The van der Waals surface area contributed by atoms with E-state index in [1.165, 1.54) is 6.42 Å². The second-order valence-electron chi connectivity index (χ2n) is 5.87. The van der Waals surface area contributed by atoms with Crippen molar-refractivity contribution in [2.24, 2.45) is 5.92 Å². The van der Waals surface area contributed by atoms with Crippen LogP contribution in [0.2, 0.25) is 0 Å². The van der Waals surface area contributed by atoms with E-state index in [-0.39, 0.29) is 24.4 Å². The summed E-state index contributed by atoms with van der Waals surface area (Å²) in [7, 11) is 0. The van der Waals surface area contributed by atoms with Crippen LogP contribution < -0.4 is 10.6 Å². The standard InChI is InChI=1S/C17H26N2O2.ClH/c1-14(12-21-13-16-5-3-2-4-6-16)19-17(20)8-7-15-9-10-18-11-15;/h2-6,14-15,18H,7-13H2,1H3,(H,19,20);1H. The normalized spacial score (nSPS) is 18.5. The number of halogens is 1. The highest BCUT2D eigenvalue weighted by Crippen LogP contribution is 2.14. The van der Waals surface area contributed by atoms with Gasteiger partial charge >= 0.3 is 0 Å². The van der Waals surface area contributed by atoms with Crippen LogP contribution in [-0.4, -0.2) is 31.6 Å². The van der Waals surface area contributed by atoms with Crippen LogP contribution in [0, 0.1) is 5.92 Å². The first kappa shape index (κ1) is 18.9. The lowest BCUT2D eigenvalue weighted by atomic mass is 10.0. The summed E-state index contributed by atoms with van der Waals surface area (Å²) in [6.45, 7) is 5.28. The van der Waals surface area contributed by atoms with Crippen molar-refractivity contribution in [3.8, 4) is 0 Å². The fraction of sp³-hybridized carbons (Fsp3) is 0.588. The van der Waals surface area contributed by atoms with Gasteiger partial charge in [-0.3, -0.25) is 4.79 Å². The molecule has 22 heavy (non-hydrogen) atoms. The zero-order valence-corrected chi connectivity index (χ0v) is 14.0. The van der Waals surface area contributed by atoms with E-state index >= 15 is 0 Å². The van der Waals surface area contributed by atoms with Crippen molar-refractivity contribution >= 4 is 18.3 Å². The second-order valence-corrected chi connectivity index (χ2v) is 5.87. The van der Waals surface area contributed by atoms with Crippen molar-refractivity contribution in [2.75, 3.05) is 19.7 Å². The molecule has 1 aliphatic heterocycles. The Morgan fingerprint density at radius 2 is 2.18 bits per heavy atom. The lowest BCUT2D eigenvalue weighted by Gasteiger charge is -2.15. The van der Waals surface area contributed by atoms with Gasteiger partial charge in [-0.1, -0.05) is 30.3 Å². The summed E-state index contributed by atoms with van der Waals surface area (Å²) in [5, 5.41) is 6.33. The molecule has 5 heteroatoms. The minimum absolute atomic E-state index is 0. The van der Waals surface area contributed by atoms with Crippen molar-refractivity contribution in [3.63, 3.8) is 0 Å². The summed E-state index contributed by atoms with van der Waals surface area (Å²) < 4.78 is 5.64. The Hall–Kier alpha value is -1.10. The van der Waals surface area contributed by atoms with Gasteiger partial charge in [-0.15, -0.1) is 12.4 Å². The van der Waals surface area contributed by atoms with Gasteiger partial charge in [-0.05, 0) is 44.3 Å². The molecule has 0 saturated carbocycles. The maximum Gasteiger partial charge on any atom is 0.220 e. The van der Waals surface area contributed by atoms with Crippen LogP contribution in [0.15, 0.2) is 30.3 Å². The van der Waals surface area contributed by atoms with E-state index in [0.29, 0.717) is 25.6 Å². The predicted molar refractivity (Wildman–Crippen MR) is 91.2 cm³/mol. The summed E-state index contributed by atoms with van der Waals surface area (Å²) in [5.41, 5.74) is 1.16. The molecule has 2 rings (SSSR count). The third-order valence-corrected chi connectivity index (χ3v) is 3.83. The lowest BCUT2D eigenvalue weighted by molar-refractivity contribution is -0.122. The number of rotatable bonds is 8. The molecule has 0 spiro atoms. The van der Waals surface area contributed by atoms with Gasteiger partial charge in [0.25, 0.3) is 0 Å². The molecule has 1 fully saturated rings. The van der Waals surface area contributed by atoms with E-state index in [2.05, 4.69) is 10.6 Å². The Bertz CT molecular complexity index is 422. The Kier molecular flexibility index (Phi) is 9.13. The maximum atomic E-state index is 11.9. The predicted octanol–water partition coefficient (Wildman–Crippen LogP) is 2.52. The van der Waals surface area contributed by atoms with Crippen molar-refractivity contribution in [1.29, 1.82) is 0 Å². The number of ether oxygens (including phenoxy) is 1. The smallest absolute Gasteiger partial charge is 0.220 e. The number of nitrogens with one attached hydrogen (secondary N) is 2. The fourth-order valence-electron chi connectivity index (χ4n) is 2.61. The summed E-state index contributed by atoms with van der Waals surface area (Å²) in [4.78, 5) is 11.9. The molecule has 1 amide bonds. The van der Waals surface area contributed by atoms with Crippen LogP contribution in [0.25, 0.3) is 0 Å². The monoisotopic (exact) mass is 326 g/mol. The average Bonchev–Trinajstić information content (AvgIpc) is 2.99. The minimum atomic E-state index is 0. The topological polar surface area (TPSA) is 50.4 Å². The third-order valence-electron chi connectivity index (χ3n) is 3.83. The number of carbonyl (C=O) groups excluding carboxylic acids is 1. The first-order valence-corrected chi connectivity index (χ1v) is 7.86. The van der Waals surface area contributed by atoms with Gasteiger partial charge in [0.2, 0.25) is 5.91 Å². The van der Waals surface area contributed by atoms with Crippen LogP contribution in [-0.2, 0) is 16.1 Å². The highest BCUT2D eigenvalue weighted by Gasteiger charge is 2.16. The maximum absolute atomic E-state index is 11.9. The number of carbonyl (C=O) groups is 1. The van der Waals surface area contributed by atoms with Crippen molar-refractivity contribution in [1.82, 2.24) is 10.6 Å². The van der Waals surface area contributed by atoms with Crippen LogP contribution in [0.5, 0.6) is 0 Å². The van der Waals surface area contributed by atoms with Gasteiger partial charge in [0, 0.05) is 12.5 Å². The largest absolute Gasteiger partial charge is 0.375 e. The summed E-state index contributed by atoms with van der Waals surface area (Å²) >= 11 is 0. The van der Waals surface area contributed by atoms with Crippen molar-refractivity contribution in [2.45, 2.75) is 38.8 Å². The van der Waals surface area contributed by atoms with E-state index in [0.717, 1.165) is 25.1 Å². The lowest BCUT2D eigenvalue weighted by Crippen LogP contribution is -2.36. The molecule has 1 heterocycles. The molecular formula is C17H27ClN2O2. The summed E-state index contributed by atoms with van der Waals surface area (Å²) in [6.07, 6.45) is 2.80. The molecule has 1 aromatic rings. The zero-order chi connectivity index (χ0) is 14.9. The number of hydrogen-bond donors (Lipinski definition) is 2. The molecule has 1 saturated heterocycles. The SMILES string of the molecule is CC(COCc1ccccc1)NC(=O)CCC1CCNC1.Cl. The molecule has 0 aromatic heterocycles. The van der Waals surface area contributed by atoms with Gasteiger partial charge in [0.05, 0.1) is 13.2 Å². The van der Waals surface area contributed by atoms with Gasteiger partial charge in [0.1, 0.15) is 0 Å². The van der Waals surface area contributed by atoms with Crippen molar-refractivity contribution < 1.29 is 9.53 Å². The van der Waals surface area contributed by atoms with E-state index in [1.807, 2.05) is 37.3 Å². The Labute approximate surface area is 139 Å². The molecule has 2 unspecified atom stereocenters. The third kappa shape index (κ3) is 7.25. The van der Waals surface area contributed by atoms with Crippen LogP contribution in [0.3, 0.4) is 0 Å². The van der Waals surface area contributed by atoms with Crippen LogP contribution >= 0.6 is 12.4 Å². The molecule has 124 valence electrons. The van der Waals surface area contributed by atoms with Gasteiger partial charge in [0.15, 0.2) is 0 Å². The average molecular weight is 327 g/mol. The van der Waals surface area contributed by atoms with E-state index < -0.39 is 0 Å². The molecule has 1 aromatic carbocycles. The Morgan fingerprint density at radius 1 is 1.41 bits per heavy atom. The van der Waals surface area contributed by atoms with E-state index in [1.54, 1.807) is 0 Å². The second kappa shape index (κ2) is 10.6. The molecule has 0 bridgehead atoms. The van der Waals surface area contributed by atoms with E-state index in [4.69, 9.17) is 4.74 Å². The highest BCUT2D eigenvalue weighted by molar-refractivity contribution is 5.85. The minimum Gasteiger partial charge on any atom is -0.375 e. The number of amides is 1. The van der Waals surface area contributed by atoms with Gasteiger partial charge in [-0.2, -0.15) is 0 Å². The number of benzene rings is 1. The molecule has 0 radical (unpaired) electrons. The quantitative estimate of drug-likeness (QED) is 0.772. The number of hydrogen-bond acceptors (Lipinski definition) is 3. The fourth-order valence-corrected chi connectivity index (χ4v) is 2.61. The summed E-state index contributed by atoms with van der Waals surface area (Å²) in [6, 6.07) is 10.1. The molecule has 2 atom stereocenters. The molecule has 1 aliphatic rings. The highest BCUT2D eigenvalue weighted by atomic mass is 35.5. The van der Waals surface area contributed by atoms with Gasteiger partial charge < -0.3 is 15.4 Å². The molecular weight excluding hydrogens is 300 g/mol. The Balaban J connectivity index is 0.00000242. The van der Waals surface area contributed by atoms with Crippen molar-refractivity contribution in [3.05, 3.63) is 35.9 Å². The first-order chi connectivity index (χ1) is 10.2. The van der Waals surface area contributed by atoms with E-state index in [9.17, 15) is 4.79 Å². The Morgan fingerprint density at radius 3 is 2.86 bits per heavy atom. The molecule has 4 nitrogen and oxygen atoms in total.